The van der Waals surface area contributed by atoms with Crippen molar-refractivity contribution < 1.29 is 19.0 Å². The fraction of sp³-hybridized carbons (Fsp3) is 0.269. The molecule has 0 amide bonds. The number of halogens is 1. The molecule has 1 aliphatic heterocycles. The number of hydrogen-bond donors (Lipinski definition) is 0. The van der Waals surface area contributed by atoms with E-state index in [9.17, 15) is 9.59 Å². The van der Waals surface area contributed by atoms with Crippen molar-refractivity contribution in [1.29, 1.82) is 0 Å². The van der Waals surface area contributed by atoms with Gasteiger partial charge in [-0.2, -0.15) is 0 Å². The SMILES string of the molecule is CCOC(=O)C1=C(C)N=c2s/c(=C/c3ccc(Cl)cc3)c(=O)n2C1c1ccc(OC)c(OCC)c1. The Kier molecular flexibility index (Phi) is 7.42. The molecule has 0 bridgehead atoms. The molecule has 0 N–H and O–H groups in total. The number of thiazole rings is 1. The largest absolute Gasteiger partial charge is 0.493 e. The van der Waals surface area contributed by atoms with Gasteiger partial charge in [0.25, 0.3) is 5.56 Å². The Bertz CT molecular complexity index is 1470. The highest BCUT2D eigenvalue weighted by molar-refractivity contribution is 7.07. The highest BCUT2D eigenvalue weighted by Crippen LogP contribution is 2.36. The Morgan fingerprint density at radius 3 is 2.54 bits per heavy atom. The summed E-state index contributed by atoms with van der Waals surface area (Å²) >= 11 is 7.26. The molecule has 2 aromatic carbocycles. The Balaban J connectivity index is 1.96. The number of benzene rings is 2. The van der Waals surface area contributed by atoms with Crippen LogP contribution in [0.5, 0.6) is 11.5 Å². The topological polar surface area (TPSA) is 79.1 Å². The number of esters is 1. The van der Waals surface area contributed by atoms with Gasteiger partial charge in [0.2, 0.25) is 0 Å². The second-order valence-electron chi connectivity index (χ2n) is 7.70. The summed E-state index contributed by atoms with van der Waals surface area (Å²) in [6, 6.07) is 11.9. The van der Waals surface area contributed by atoms with E-state index < -0.39 is 12.0 Å². The summed E-state index contributed by atoms with van der Waals surface area (Å²) in [6.07, 6.45) is 1.79. The van der Waals surface area contributed by atoms with Gasteiger partial charge in [-0.3, -0.25) is 9.36 Å². The van der Waals surface area contributed by atoms with Gasteiger partial charge >= 0.3 is 5.97 Å². The molecule has 2 heterocycles. The molecule has 1 atom stereocenters. The standard InChI is InChI=1S/C26H25ClN2O5S/c1-5-33-20-14-17(9-12-19(20)32-4)23-22(25(31)34-6-2)15(3)28-26-29(23)24(30)21(35-26)13-16-7-10-18(27)11-8-16/h7-14,23H,5-6H2,1-4H3/b21-13+. The number of nitrogens with zero attached hydrogens (tertiary/aromatic N) is 2. The van der Waals surface area contributed by atoms with Crippen LogP contribution >= 0.6 is 22.9 Å². The van der Waals surface area contributed by atoms with Gasteiger partial charge in [-0.1, -0.05) is 41.1 Å². The molecule has 0 fully saturated rings. The van der Waals surface area contributed by atoms with Gasteiger partial charge in [-0.05, 0) is 62.2 Å². The molecular formula is C26H25ClN2O5S. The van der Waals surface area contributed by atoms with Crippen LogP contribution in [0.2, 0.25) is 5.02 Å². The van der Waals surface area contributed by atoms with Crippen LogP contribution in [-0.2, 0) is 9.53 Å². The third kappa shape index (κ3) is 4.90. The Morgan fingerprint density at radius 1 is 1.14 bits per heavy atom. The van der Waals surface area contributed by atoms with Crippen molar-refractivity contribution in [2.24, 2.45) is 4.99 Å². The first-order valence-corrected chi connectivity index (χ1v) is 12.3. The number of hydrogen-bond acceptors (Lipinski definition) is 7. The van der Waals surface area contributed by atoms with Crippen molar-refractivity contribution >= 4 is 35.0 Å². The molecular weight excluding hydrogens is 488 g/mol. The van der Waals surface area contributed by atoms with E-state index in [1.165, 1.54) is 11.3 Å². The highest BCUT2D eigenvalue weighted by Gasteiger charge is 2.33. The number of carbonyl (C=O) groups is 1. The normalized spacial score (nSPS) is 15.5. The maximum atomic E-state index is 13.7. The van der Waals surface area contributed by atoms with Gasteiger partial charge in [0.15, 0.2) is 16.3 Å². The second kappa shape index (κ2) is 10.5. The minimum Gasteiger partial charge on any atom is -0.493 e. The van der Waals surface area contributed by atoms with Crippen molar-refractivity contribution in [2.45, 2.75) is 26.8 Å². The van der Waals surface area contributed by atoms with Crippen LogP contribution in [0.4, 0.5) is 0 Å². The summed E-state index contributed by atoms with van der Waals surface area (Å²) in [5, 5.41) is 0.614. The van der Waals surface area contributed by atoms with Crippen LogP contribution in [0, 0.1) is 0 Å². The number of allylic oxidation sites excluding steroid dienone is 1. The van der Waals surface area contributed by atoms with E-state index in [0.29, 0.717) is 49.3 Å². The molecule has 35 heavy (non-hydrogen) atoms. The van der Waals surface area contributed by atoms with E-state index in [2.05, 4.69) is 4.99 Å². The first-order chi connectivity index (χ1) is 16.9. The monoisotopic (exact) mass is 512 g/mol. The molecule has 9 heteroatoms. The van der Waals surface area contributed by atoms with Gasteiger partial charge in [0.05, 0.1) is 42.2 Å². The van der Waals surface area contributed by atoms with Crippen LogP contribution in [-0.4, -0.2) is 30.9 Å². The molecule has 0 aliphatic carbocycles. The third-order valence-corrected chi connectivity index (χ3v) is 6.72. The number of rotatable bonds is 7. The molecule has 1 aromatic heterocycles. The summed E-state index contributed by atoms with van der Waals surface area (Å²) in [5.41, 5.74) is 2.08. The van der Waals surface area contributed by atoms with Gasteiger partial charge in [-0.15, -0.1) is 0 Å². The fourth-order valence-corrected chi connectivity index (χ4v) is 5.12. The first-order valence-electron chi connectivity index (χ1n) is 11.1. The van der Waals surface area contributed by atoms with Crippen LogP contribution < -0.4 is 24.4 Å². The van der Waals surface area contributed by atoms with Gasteiger partial charge in [0.1, 0.15) is 0 Å². The van der Waals surface area contributed by atoms with Crippen molar-refractivity contribution in [3.63, 3.8) is 0 Å². The number of carbonyl (C=O) groups excluding carboxylic acids is 1. The minimum absolute atomic E-state index is 0.204. The Hall–Kier alpha value is -3.36. The van der Waals surface area contributed by atoms with Crippen LogP contribution in [0.25, 0.3) is 6.08 Å². The molecule has 182 valence electrons. The van der Waals surface area contributed by atoms with E-state index in [1.54, 1.807) is 55.9 Å². The molecule has 7 nitrogen and oxygen atoms in total. The van der Waals surface area contributed by atoms with Gasteiger partial charge < -0.3 is 14.2 Å². The quantitative estimate of drug-likeness (QED) is 0.449. The number of fused-ring (bicyclic) bond motifs is 1. The van der Waals surface area contributed by atoms with E-state index in [-0.39, 0.29) is 12.2 Å². The summed E-state index contributed by atoms with van der Waals surface area (Å²) < 4.78 is 18.6. The lowest BCUT2D eigenvalue weighted by Gasteiger charge is -2.25. The molecule has 1 aliphatic rings. The predicted octanol–water partition coefficient (Wildman–Crippen LogP) is 3.86. The zero-order valence-electron chi connectivity index (χ0n) is 19.8. The lowest BCUT2D eigenvalue weighted by atomic mass is 9.95. The number of methoxy groups -OCH3 is 1. The van der Waals surface area contributed by atoms with E-state index in [1.807, 2.05) is 25.1 Å². The molecule has 0 radical (unpaired) electrons. The maximum Gasteiger partial charge on any atom is 0.338 e. The average molecular weight is 513 g/mol. The molecule has 4 rings (SSSR count). The van der Waals surface area contributed by atoms with Crippen molar-refractivity contribution in [3.8, 4) is 11.5 Å². The molecule has 1 unspecified atom stereocenters. The summed E-state index contributed by atoms with van der Waals surface area (Å²) in [4.78, 5) is 31.8. The van der Waals surface area contributed by atoms with Gasteiger partial charge in [0, 0.05) is 5.02 Å². The fourth-order valence-electron chi connectivity index (χ4n) is 3.95. The summed E-state index contributed by atoms with van der Waals surface area (Å²) in [6.45, 7) is 6.01. The Morgan fingerprint density at radius 2 is 1.89 bits per heavy atom. The summed E-state index contributed by atoms with van der Waals surface area (Å²) in [7, 11) is 1.56. The van der Waals surface area contributed by atoms with Gasteiger partial charge in [-0.25, -0.2) is 9.79 Å². The first kappa shape index (κ1) is 24.8. The van der Waals surface area contributed by atoms with Crippen LogP contribution in [0.1, 0.15) is 37.9 Å². The lowest BCUT2D eigenvalue weighted by molar-refractivity contribution is -0.139. The summed E-state index contributed by atoms with van der Waals surface area (Å²) in [5.74, 6) is 0.567. The zero-order valence-corrected chi connectivity index (χ0v) is 21.4. The van der Waals surface area contributed by atoms with Crippen LogP contribution in [0.3, 0.4) is 0 Å². The third-order valence-electron chi connectivity index (χ3n) is 5.49. The minimum atomic E-state index is -0.734. The maximum absolute atomic E-state index is 13.7. The average Bonchev–Trinajstić information content (AvgIpc) is 3.14. The molecule has 0 saturated heterocycles. The Labute approximate surface area is 211 Å². The van der Waals surface area contributed by atoms with Crippen molar-refractivity contribution in [2.75, 3.05) is 20.3 Å². The lowest BCUT2D eigenvalue weighted by Crippen LogP contribution is -2.40. The predicted molar refractivity (Wildman–Crippen MR) is 136 cm³/mol. The molecule has 0 spiro atoms. The zero-order chi connectivity index (χ0) is 25.1. The number of ether oxygens (including phenoxy) is 3. The van der Waals surface area contributed by atoms with E-state index in [0.717, 1.165) is 5.56 Å². The van der Waals surface area contributed by atoms with Crippen molar-refractivity contribution in [1.82, 2.24) is 4.57 Å². The van der Waals surface area contributed by atoms with Crippen LogP contribution in [0.15, 0.2) is 63.5 Å². The molecule has 0 saturated carbocycles. The molecule has 3 aromatic rings. The highest BCUT2D eigenvalue weighted by atomic mass is 35.5. The number of aromatic nitrogens is 1. The van der Waals surface area contributed by atoms with E-state index in [4.69, 9.17) is 25.8 Å². The van der Waals surface area contributed by atoms with Crippen molar-refractivity contribution in [3.05, 3.63) is 89.6 Å². The second-order valence-corrected chi connectivity index (χ2v) is 9.14. The van der Waals surface area contributed by atoms with E-state index >= 15 is 0 Å². The smallest absolute Gasteiger partial charge is 0.338 e.